The second-order valence-corrected chi connectivity index (χ2v) is 6.29. The van der Waals surface area contributed by atoms with Crippen molar-refractivity contribution in [2.24, 2.45) is 10.1 Å². The molecule has 0 spiro atoms. The lowest BCUT2D eigenvalue weighted by Gasteiger charge is -2.21. The molecule has 0 aliphatic heterocycles. The number of rotatable bonds is 14. The van der Waals surface area contributed by atoms with Crippen LogP contribution in [0.5, 0.6) is 0 Å². The van der Waals surface area contributed by atoms with Crippen molar-refractivity contribution in [3.63, 3.8) is 0 Å². The molecular weight excluding hydrogens is 404 g/mol. The van der Waals surface area contributed by atoms with Crippen LogP contribution in [0.15, 0.2) is 81.7 Å². The van der Waals surface area contributed by atoms with Crippen molar-refractivity contribution in [3.05, 3.63) is 71.7 Å². The van der Waals surface area contributed by atoms with Crippen LogP contribution in [-0.2, 0) is 9.59 Å². The number of amidine groups is 1. The van der Waals surface area contributed by atoms with Gasteiger partial charge in [-0.15, -0.1) is 0 Å². The molecule has 0 radical (unpaired) electrons. The van der Waals surface area contributed by atoms with E-state index < -0.39 is 0 Å². The number of carbonyl (C=O) groups excluding carboxylic acids is 2. The number of nitriles is 1. The molecule has 0 rings (SSSR count). The van der Waals surface area contributed by atoms with Gasteiger partial charge in [0.05, 0.1) is 5.57 Å². The van der Waals surface area contributed by atoms with Gasteiger partial charge in [-0.2, -0.15) is 10.4 Å². The van der Waals surface area contributed by atoms with Crippen LogP contribution in [0.1, 0.15) is 26.7 Å². The minimum absolute atomic E-state index is 0.286. The van der Waals surface area contributed by atoms with E-state index in [1.165, 1.54) is 23.3 Å². The lowest BCUT2D eigenvalue weighted by Crippen LogP contribution is -2.29. The molecule has 0 aromatic rings. The molecule has 0 aromatic heterocycles. The van der Waals surface area contributed by atoms with E-state index in [-0.39, 0.29) is 5.57 Å². The summed E-state index contributed by atoms with van der Waals surface area (Å²) in [4.78, 5) is 28.0. The highest BCUT2D eigenvalue weighted by Crippen LogP contribution is 2.17. The number of amides is 1. The third kappa shape index (κ3) is 9.67. The number of allylic oxidation sites excluding steroid dienone is 6. The molecule has 0 aliphatic carbocycles. The minimum Gasteiger partial charge on any atom is -0.387 e. The minimum atomic E-state index is 0.286. The number of carbonyl (C=O) groups is 2. The van der Waals surface area contributed by atoms with Gasteiger partial charge < -0.3 is 10.7 Å². The Balaban J connectivity index is 5.58. The summed E-state index contributed by atoms with van der Waals surface area (Å²) in [5.41, 5.74) is 5.69. The van der Waals surface area contributed by atoms with Crippen molar-refractivity contribution in [3.8, 4) is 6.07 Å². The summed E-state index contributed by atoms with van der Waals surface area (Å²) in [6, 6.07) is 1.97. The van der Waals surface area contributed by atoms with Gasteiger partial charge in [0.15, 0.2) is 12.1 Å². The monoisotopic (exact) mass is 436 g/mol. The van der Waals surface area contributed by atoms with Crippen LogP contribution in [0.4, 0.5) is 0 Å². The van der Waals surface area contributed by atoms with E-state index in [9.17, 15) is 9.59 Å². The highest BCUT2D eigenvalue weighted by Gasteiger charge is 2.14. The topological polar surface area (TPSA) is 110 Å². The van der Waals surface area contributed by atoms with Gasteiger partial charge in [-0.05, 0) is 30.6 Å². The highest BCUT2D eigenvalue weighted by molar-refractivity contribution is 6.00. The fourth-order valence-electron chi connectivity index (χ4n) is 2.49. The Morgan fingerprint density at radius 3 is 2.41 bits per heavy atom. The molecule has 170 valence electrons. The van der Waals surface area contributed by atoms with Crippen molar-refractivity contribution in [1.29, 1.82) is 5.26 Å². The lowest BCUT2D eigenvalue weighted by molar-refractivity contribution is -0.113. The normalized spacial score (nSPS) is 13.4. The number of hydrazone groups is 1. The Kier molecular flexibility index (Phi) is 14.7. The smallest absolute Gasteiger partial charge is 0.219 e. The molecule has 0 saturated carbocycles. The summed E-state index contributed by atoms with van der Waals surface area (Å²) in [7, 11) is 3.19. The number of hydrogen-bond acceptors (Lipinski definition) is 7. The quantitative estimate of drug-likeness (QED) is 0.0827. The molecule has 8 heteroatoms. The van der Waals surface area contributed by atoms with E-state index in [0.29, 0.717) is 42.8 Å². The third-order valence-corrected chi connectivity index (χ3v) is 4.23. The summed E-state index contributed by atoms with van der Waals surface area (Å²) in [6.45, 7) is 12.2. The van der Waals surface area contributed by atoms with Crippen molar-refractivity contribution in [2.45, 2.75) is 26.7 Å². The Morgan fingerprint density at radius 2 is 1.94 bits per heavy atom. The number of nitrogens with zero attached hydrogens (tertiary/aromatic N) is 4. The Morgan fingerprint density at radius 1 is 1.22 bits per heavy atom. The summed E-state index contributed by atoms with van der Waals surface area (Å²) in [5, 5.41) is 16.2. The molecule has 0 atom stereocenters. The maximum absolute atomic E-state index is 11.6. The van der Waals surface area contributed by atoms with Crippen molar-refractivity contribution >= 4 is 24.7 Å². The van der Waals surface area contributed by atoms with Crippen LogP contribution >= 0.6 is 0 Å². The van der Waals surface area contributed by atoms with E-state index in [1.54, 1.807) is 20.3 Å². The highest BCUT2D eigenvalue weighted by atomic mass is 16.1. The standard InChI is InChI=1S/C24H32N6O2/c1-7-20(15-28-16-22(17-31)12-21(13-25)14-26-5)10-11-23(8-2)19(4)30(18-32)24(9-3)29-27-6/h9-12,14,16-18,27-28H,3-4,7-8,15H2,1-2,5-6H3/b20-10+,21-12-,22-16-,23-11+,26-14-,29-24-. The Hall–Kier alpha value is -3.99. The Labute approximate surface area is 190 Å². The van der Waals surface area contributed by atoms with E-state index >= 15 is 0 Å². The average Bonchev–Trinajstić information content (AvgIpc) is 2.81. The van der Waals surface area contributed by atoms with Crippen LogP contribution in [-0.4, -0.2) is 50.3 Å². The molecule has 1 amide bonds. The van der Waals surface area contributed by atoms with E-state index in [4.69, 9.17) is 5.26 Å². The van der Waals surface area contributed by atoms with Crippen LogP contribution < -0.4 is 10.7 Å². The fourth-order valence-corrected chi connectivity index (χ4v) is 2.49. The fraction of sp³-hybridized carbons (Fsp3) is 0.292. The zero-order valence-electron chi connectivity index (χ0n) is 19.3. The zero-order valence-corrected chi connectivity index (χ0v) is 19.3. The molecule has 0 fully saturated rings. The van der Waals surface area contributed by atoms with Gasteiger partial charge in [-0.1, -0.05) is 44.7 Å². The predicted molar refractivity (Wildman–Crippen MR) is 131 cm³/mol. The molecular formula is C24H32N6O2. The number of nitrogens with one attached hydrogen (secondary N) is 2. The van der Waals surface area contributed by atoms with E-state index in [1.807, 2.05) is 32.1 Å². The maximum atomic E-state index is 11.6. The second-order valence-electron chi connectivity index (χ2n) is 6.29. The second kappa shape index (κ2) is 16.8. The maximum Gasteiger partial charge on any atom is 0.219 e. The largest absolute Gasteiger partial charge is 0.387 e. The van der Waals surface area contributed by atoms with Gasteiger partial charge in [-0.25, -0.2) is 0 Å². The van der Waals surface area contributed by atoms with Gasteiger partial charge in [0, 0.05) is 44.3 Å². The first-order valence-corrected chi connectivity index (χ1v) is 10.1. The van der Waals surface area contributed by atoms with Crippen LogP contribution in [0, 0.1) is 11.3 Å². The predicted octanol–water partition coefficient (Wildman–Crippen LogP) is 3.17. The molecule has 0 aromatic carbocycles. The lowest BCUT2D eigenvalue weighted by atomic mass is 10.1. The van der Waals surface area contributed by atoms with E-state index in [2.05, 4.69) is 34.0 Å². The van der Waals surface area contributed by atoms with Gasteiger partial charge in [0.2, 0.25) is 6.41 Å². The van der Waals surface area contributed by atoms with Crippen LogP contribution in [0.3, 0.4) is 0 Å². The first-order chi connectivity index (χ1) is 15.4. The first-order valence-electron chi connectivity index (χ1n) is 10.1. The summed E-state index contributed by atoms with van der Waals surface area (Å²) in [6.07, 6.45) is 12.5. The Bertz CT molecular complexity index is 898. The molecule has 0 bridgehead atoms. The summed E-state index contributed by atoms with van der Waals surface area (Å²) < 4.78 is 0. The van der Waals surface area contributed by atoms with Crippen LogP contribution in [0.2, 0.25) is 0 Å². The van der Waals surface area contributed by atoms with Gasteiger partial charge >= 0.3 is 0 Å². The average molecular weight is 437 g/mol. The molecule has 8 nitrogen and oxygen atoms in total. The summed E-state index contributed by atoms with van der Waals surface area (Å²) >= 11 is 0. The molecule has 32 heavy (non-hydrogen) atoms. The molecule has 0 heterocycles. The van der Waals surface area contributed by atoms with Crippen LogP contribution in [0.25, 0.3) is 0 Å². The van der Waals surface area contributed by atoms with Gasteiger partial charge in [-0.3, -0.25) is 19.5 Å². The van der Waals surface area contributed by atoms with Crippen molar-refractivity contribution in [2.75, 3.05) is 20.6 Å². The molecule has 2 N–H and O–H groups in total. The first kappa shape index (κ1) is 28.0. The number of hydrogen-bond donors (Lipinski definition) is 2. The molecule has 0 unspecified atom stereocenters. The molecule has 0 aliphatic rings. The number of aliphatic imine (C=N–C) groups is 1. The summed E-state index contributed by atoms with van der Waals surface area (Å²) in [5.74, 6) is 0.345. The van der Waals surface area contributed by atoms with Crippen molar-refractivity contribution < 1.29 is 9.59 Å². The van der Waals surface area contributed by atoms with E-state index in [0.717, 1.165) is 17.6 Å². The van der Waals surface area contributed by atoms with Gasteiger partial charge in [0.1, 0.15) is 6.07 Å². The molecule has 0 saturated heterocycles. The SMILES string of the molecule is C=C/C(=N/NC)N(C=O)C(=C)/C(=C/C=C(\CC)CN/C=C(C=O)/C=C(C#N)\C=N/C)CC. The van der Waals surface area contributed by atoms with Crippen molar-refractivity contribution in [1.82, 2.24) is 15.6 Å². The van der Waals surface area contributed by atoms with Gasteiger partial charge in [0.25, 0.3) is 0 Å². The third-order valence-electron chi connectivity index (χ3n) is 4.23. The zero-order chi connectivity index (χ0) is 24.4. The number of aldehydes is 1.